The van der Waals surface area contributed by atoms with Gasteiger partial charge in [0.15, 0.2) is 0 Å². The fourth-order valence-corrected chi connectivity index (χ4v) is 5.26. The highest BCUT2D eigenvalue weighted by Crippen LogP contribution is 2.39. The highest BCUT2D eigenvalue weighted by molar-refractivity contribution is 5.76. The molecule has 0 N–H and O–H groups in total. The van der Waals surface area contributed by atoms with Gasteiger partial charge in [-0.2, -0.15) is 0 Å². The molecule has 0 bridgehead atoms. The van der Waals surface area contributed by atoms with Gasteiger partial charge in [-0.1, -0.05) is 163 Å². The smallest absolute Gasteiger partial charge is 0.312 e. The van der Waals surface area contributed by atoms with E-state index in [1.54, 1.807) is 0 Å². The maximum Gasteiger partial charge on any atom is 0.312 e. The van der Waals surface area contributed by atoms with Crippen molar-refractivity contribution in [1.82, 2.24) is 0 Å². The van der Waals surface area contributed by atoms with Gasteiger partial charge in [-0.05, 0) is 25.7 Å². The van der Waals surface area contributed by atoms with Crippen LogP contribution in [0.25, 0.3) is 0 Å². The SMILES string of the molecule is CCCCCCCCCOC(=O)C(CCCCCC)(CCCCCCC)CCCCCCCC. The average molecular weight is 481 g/mol. The van der Waals surface area contributed by atoms with Gasteiger partial charge in [0, 0.05) is 0 Å². The Morgan fingerprint density at radius 1 is 0.441 bits per heavy atom. The number of carbonyl (C=O) groups excluding carboxylic acids is 1. The normalized spacial score (nSPS) is 13.2. The number of rotatable bonds is 27. The van der Waals surface area contributed by atoms with Crippen LogP contribution in [0.1, 0.15) is 188 Å². The second-order valence-electron chi connectivity index (χ2n) is 11.0. The van der Waals surface area contributed by atoms with Gasteiger partial charge in [0.1, 0.15) is 0 Å². The van der Waals surface area contributed by atoms with Crippen LogP contribution in [0.3, 0.4) is 0 Å². The van der Waals surface area contributed by atoms with E-state index >= 15 is 0 Å². The number of hydrogen-bond donors (Lipinski definition) is 0. The summed E-state index contributed by atoms with van der Waals surface area (Å²) in [7, 11) is 0. The van der Waals surface area contributed by atoms with Crippen molar-refractivity contribution in [3.8, 4) is 0 Å². The van der Waals surface area contributed by atoms with E-state index in [-0.39, 0.29) is 11.4 Å². The van der Waals surface area contributed by atoms with Crippen LogP contribution in [0, 0.1) is 5.41 Å². The molecule has 0 rings (SSSR count). The summed E-state index contributed by atoms with van der Waals surface area (Å²) < 4.78 is 6.03. The summed E-state index contributed by atoms with van der Waals surface area (Å²) in [5.41, 5.74) is -0.216. The van der Waals surface area contributed by atoms with Gasteiger partial charge >= 0.3 is 5.97 Å². The van der Waals surface area contributed by atoms with Crippen molar-refractivity contribution in [1.29, 1.82) is 0 Å². The lowest BCUT2D eigenvalue weighted by molar-refractivity contribution is -0.158. The molecular formula is C32H64O2. The zero-order valence-corrected chi connectivity index (χ0v) is 24.2. The monoisotopic (exact) mass is 480 g/mol. The zero-order valence-electron chi connectivity index (χ0n) is 24.2. The molecule has 0 radical (unpaired) electrons. The molecule has 0 amide bonds. The lowest BCUT2D eigenvalue weighted by Gasteiger charge is -2.32. The van der Waals surface area contributed by atoms with Crippen molar-refractivity contribution in [3.63, 3.8) is 0 Å². The molecular weight excluding hydrogens is 416 g/mol. The van der Waals surface area contributed by atoms with Crippen molar-refractivity contribution in [2.75, 3.05) is 6.61 Å². The van der Waals surface area contributed by atoms with Gasteiger partial charge in [-0.25, -0.2) is 0 Å². The van der Waals surface area contributed by atoms with Gasteiger partial charge in [-0.15, -0.1) is 0 Å². The molecule has 0 saturated heterocycles. The molecule has 0 aliphatic carbocycles. The number of ether oxygens (including phenoxy) is 1. The highest BCUT2D eigenvalue weighted by Gasteiger charge is 2.38. The molecule has 204 valence electrons. The van der Waals surface area contributed by atoms with Gasteiger partial charge in [-0.3, -0.25) is 4.79 Å². The summed E-state index contributed by atoms with van der Waals surface area (Å²) in [6, 6.07) is 0. The molecule has 1 atom stereocenters. The van der Waals surface area contributed by atoms with Crippen molar-refractivity contribution >= 4 is 5.97 Å². The standard InChI is InChI=1S/C32H64O2/c1-5-9-13-17-19-22-26-30-34-31(33)32(27-23-16-12-8-4,28-24-20-15-11-7-3)29-25-21-18-14-10-6-2/h5-30H2,1-4H3. The van der Waals surface area contributed by atoms with Crippen molar-refractivity contribution in [2.24, 2.45) is 5.41 Å². The first kappa shape index (κ1) is 33.5. The van der Waals surface area contributed by atoms with Crippen LogP contribution >= 0.6 is 0 Å². The van der Waals surface area contributed by atoms with E-state index in [4.69, 9.17) is 4.74 Å². The molecule has 0 saturated carbocycles. The Balaban J connectivity index is 4.85. The molecule has 2 heteroatoms. The van der Waals surface area contributed by atoms with Crippen molar-refractivity contribution < 1.29 is 9.53 Å². The number of unbranched alkanes of at least 4 members (excludes halogenated alkanes) is 18. The van der Waals surface area contributed by atoms with E-state index in [2.05, 4.69) is 27.7 Å². The van der Waals surface area contributed by atoms with Crippen LogP contribution in [0.15, 0.2) is 0 Å². The summed E-state index contributed by atoms with van der Waals surface area (Å²) >= 11 is 0. The lowest BCUT2D eigenvalue weighted by Crippen LogP contribution is -2.34. The summed E-state index contributed by atoms with van der Waals surface area (Å²) in [5, 5.41) is 0. The Morgan fingerprint density at radius 2 is 0.735 bits per heavy atom. The summed E-state index contributed by atoms with van der Waals surface area (Å²) in [6.07, 6.45) is 31.2. The van der Waals surface area contributed by atoms with Crippen LogP contribution in [0.2, 0.25) is 0 Å². The van der Waals surface area contributed by atoms with Gasteiger partial charge in [0.25, 0.3) is 0 Å². The van der Waals surface area contributed by atoms with E-state index < -0.39 is 0 Å². The zero-order chi connectivity index (χ0) is 25.2. The molecule has 0 aromatic carbocycles. The average Bonchev–Trinajstić information content (AvgIpc) is 2.84. The third-order valence-corrected chi connectivity index (χ3v) is 7.69. The topological polar surface area (TPSA) is 26.3 Å². The minimum absolute atomic E-state index is 0.152. The fourth-order valence-electron chi connectivity index (χ4n) is 5.26. The quantitative estimate of drug-likeness (QED) is 0.0862. The number of carbonyl (C=O) groups is 1. The minimum atomic E-state index is -0.216. The molecule has 0 fully saturated rings. The number of esters is 1. The maximum atomic E-state index is 13.6. The van der Waals surface area contributed by atoms with Gasteiger partial charge < -0.3 is 4.74 Å². The molecule has 0 aromatic rings. The van der Waals surface area contributed by atoms with Crippen LogP contribution in [0.5, 0.6) is 0 Å². The first-order chi connectivity index (χ1) is 16.7. The Bertz CT molecular complexity index is 419. The molecule has 0 spiro atoms. The Morgan fingerprint density at radius 3 is 1.12 bits per heavy atom. The van der Waals surface area contributed by atoms with E-state index in [1.165, 1.54) is 135 Å². The maximum absolute atomic E-state index is 13.6. The molecule has 1 unspecified atom stereocenters. The first-order valence-corrected chi connectivity index (χ1v) is 15.8. The highest BCUT2D eigenvalue weighted by atomic mass is 16.5. The van der Waals surface area contributed by atoms with E-state index in [1.807, 2.05) is 0 Å². The fraction of sp³-hybridized carbons (Fsp3) is 0.969. The first-order valence-electron chi connectivity index (χ1n) is 15.8. The Labute approximate surface area is 215 Å². The third-order valence-electron chi connectivity index (χ3n) is 7.69. The minimum Gasteiger partial charge on any atom is -0.465 e. The van der Waals surface area contributed by atoms with Crippen LogP contribution < -0.4 is 0 Å². The Hall–Kier alpha value is -0.530. The second-order valence-corrected chi connectivity index (χ2v) is 11.0. The van der Waals surface area contributed by atoms with Crippen LogP contribution in [-0.4, -0.2) is 12.6 Å². The summed E-state index contributed by atoms with van der Waals surface area (Å²) in [5.74, 6) is 0.152. The molecule has 0 heterocycles. The predicted molar refractivity (Wildman–Crippen MR) is 152 cm³/mol. The summed E-state index contributed by atoms with van der Waals surface area (Å²) in [6.45, 7) is 9.73. The largest absolute Gasteiger partial charge is 0.465 e. The summed E-state index contributed by atoms with van der Waals surface area (Å²) in [4.78, 5) is 13.6. The van der Waals surface area contributed by atoms with Gasteiger partial charge in [0.2, 0.25) is 0 Å². The van der Waals surface area contributed by atoms with E-state index in [0.29, 0.717) is 6.61 Å². The Kier molecular flexibility index (Phi) is 25.2. The number of hydrogen-bond acceptors (Lipinski definition) is 2. The predicted octanol–water partition coefficient (Wildman–Crippen LogP) is 11.3. The third kappa shape index (κ3) is 18.8. The lowest BCUT2D eigenvalue weighted by atomic mass is 9.74. The molecule has 0 aliphatic rings. The molecule has 2 nitrogen and oxygen atoms in total. The van der Waals surface area contributed by atoms with Gasteiger partial charge in [0.05, 0.1) is 12.0 Å². The second kappa shape index (κ2) is 25.6. The van der Waals surface area contributed by atoms with Crippen LogP contribution in [-0.2, 0) is 9.53 Å². The molecule has 0 aromatic heterocycles. The van der Waals surface area contributed by atoms with Crippen LogP contribution in [0.4, 0.5) is 0 Å². The van der Waals surface area contributed by atoms with Crippen molar-refractivity contribution in [2.45, 2.75) is 188 Å². The molecule has 34 heavy (non-hydrogen) atoms. The van der Waals surface area contributed by atoms with Crippen molar-refractivity contribution in [3.05, 3.63) is 0 Å². The van der Waals surface area contributed by atoms with E-state index in [9.17, 15) is 4.79 Å². The van der Waals surface area contributed by atoms with E-state index in [0.717, 1.165) is 25.7 Å². The molecule has 0 aliphatic heterocycles.